The van der Waals surface area contributed by atoms with Crippen molar-refractivity contribution in [3.8, 4) is 11.1 Å². The molecule has 0 fully saturated rings. The lowest BCUT2D eigenvalue weighted by atomic mass is 10.1. The quantitative estimate of drug-likeness (QED) is 0.571. The van der Waals surface area contributed by atoms with E-state index in [2.05, 4.69) is 9.97 Å². The summed E-state index contributed by atoms with van der Waals surface area (Å²) in [6, 6.07) is 7.00. The molecular formula is C12H8N4O2S. The van der Waals surface area contributed by atoms with Crippen LogP contribution in [0.2, 0.25) is 0 Å². The van der Waals surface area contributed by atoms with Crippen LogP contribution in [-0.2, 0) is 0 Å². The summed E-state index contributed by atoms with van der Waals surface area (Å²) in [6.45, 7) is 0. The second-order valence-electron chi connectivity index (χ2n) is 3.86. The first-order valence-electron chi connectivity index (χ1n) is 5.40. The summed E-state index contributed by atoms with van der Waals surface area (Å²) in [5.41, 5.74) is 7.10. The predicted octanol–water partition coefficient (Wildman–Crippen LogP) is 2.85. The molecule has 0 spiro atoms. The Kier molecular flexibility index (Phi) is 2.60. The molecule has 0 aliphatic carbocycles. The molecule has 6 nitrogen and oxygen atoms in total. The number of nitro groups is 1. The van der Waals surface area contributed by atoms with Crippen LogP contribution in [-0.4, -0.2) is 14.9 Å². The number of benzene rings is 1. The summed E-state index contributed by atoms with van der Waals surface area (Å²) in [5.74, 6) is 0. The van der Waals surface area contributed by atoms with E-state index in [1.165, 1.54) is 11.3 Å². The van der Waals surface area contributed by atoms with E-state index in [0.29, 0.717) is 26.5 Å². The Bertz CT molecular complexity index is 770. The molecule has 0 saturated carbocycles. The van der Waals surface area contributed by atoms with E-state index in [0.717, 1.165) is 0 Å². The number of nitrogen functional groups attached to an aromatic ring is 1. The summed E-state index contributed by atoms with van der Waals surface area (Å²) >= 11 is 1.23. The molecule has 94 valence electrons. The Hall–Kier alpha value is -2.54. The molecule has 0 unspecified atom stereocenters. The smallest absolute Gasteiger partial charge is 0.304 e. The van der Waals surface area contributed by atoms with Crippen LogP contribution in [0.15, 0.2) is 36.7 Å². The largest absolute Gasteiger partial charge is 0.375 e. The van der Waals surface area contributed by atoms with Crippen LogP contribution >= 0.6 is 11.3 Å². The normalized spacial score (nSPS) is 10.7. The van der Waals surface area contributed by atoms with Gasteiger partial charge in [-0.05, 0) is 18.2 Å². The van der Waals surface area contributed by atoms with Crippen LogP contribution in [0.25, 0.3) is 21.3 Å². The Labute approximate surface area is 111 Å². The molecule has 0 aliphatic heterocycles. The number of hydrogen-bond acceptors (Lipinski definition) is 6. The first kappa shape index (κ1) is 11.5. The molecule has 3 aromatic rings. The summed E-state index contributed by atoms with van der Waals surface area (Å²) in [6.07, 6.45) is 3.21. The molecule has 0 amide bonds. The number of hydrogen-bond donors (Lipinski definition) is 1. The second kappa shape index (κ2) is 4.29. The molecule has 0 atom stereocenters. The molecule has 0 radical (unpaired) electrons. The van der Waals surface area contributed by atoms with Gasteiger partial charge in [0.25, 0.3) is 0 Å². The zero-order valence-electron chi connectivity index (χ0n) is 9.61. The van der Waals surface area contributed by atoms with Crippen molar-refractivity contribution >= 4 is 32.4 Å². The molecule has 7 heteroatoms. The lowest BCUT2D eigenvalue weighted by Crippen LogP contribution is -1.94. The average molecular weight is 272 g/mol. The van der Waals surface area contributed by atoms with Crippen molar-refractivity contribution < 1.29 is 4.92 Å². The third kappa shape index (κ3) is 1.89. The van der Waals surface area contributed by atoms with Gasteiger partial charge in [0.1, 0.15) is 0 Å². The van der Waals surface area contributed by atoms with Crippen molar-refractivity contribution in [2.24, 2.45) is 0 Å². The maximum Gasteiger partial charge on any atom is 0.304 e. The topological polar surface area (TPSA) is 94.9 Å². The lowest BCUT2D eigenvalue weighted by Gasteiger charge is -2.02. The Balaban J connectivity index is 2.36. The fourth-order valence-electron chi connectivity index (χ4n) is 1.94. The number of nitrogens with zero attached hydrogens (tertiary/aromatic N) is 3. The molecular weight excluding hydrogens is 264 g/mol. The van der Waals surface area contributed by atoms with Crippen molar-refractivity contribution in [1.82, 2.24) is 9.97 Å². The van der Waals surface area contributed by atoms with Crippen molar-refractivity contribution in [3.05, 3.63) is 46.8 Å². The van der Waals surface area contributed by atoms with E-state index in [9.17, 15) is 10.1 Å². The monoisotopic (exact) mass is 272 g/mol. The van der Waals surface area contributed by atoms with Crippen LogP contribution in [0.3, 0.4) is 0 Å². The van der Waals surface area contributed by atoms with Gasteiger partial charge < -0.3 is 5.73 Å². The Morgan fingerprint density at radius 1 is 1.32 bits per heavy atom. The molecule has 1 aromatic carbocycles. The number of fused-ring (bicyclic) bond motifs is 1. The van der Waals surface area contributed by atoms with E-state index < -0.39 is 4.92 Å². The Morgan fingerprint density at radius 3 is 2.84 bits per heavy atom. The second-order valence-corrected chi connectivity index (χ2v) is 4.92. The van der Waals surface area contributed by atoms with Crippen molar-refractivity contribution in [1.29, 1.82) is 0 Å². The number of nitro benzene ring substituents is 1. The third-order valence-electron chi connectivity index (χ3n) is 2.71. The van der Waals surface area contributed by atoms with Crippen LogP contribution in [0.4, 0.5) is 10.8 Å². The minimum Gasteiger partial charge on any atom is -0.375 e. The highest BCUT2D eigenvalue weighted by Gasteiger charge is 2.22. The van der Waals surface area contributed by atoms with E-state index in [-0.39, 0.29) is 5.69 Å². The van der Waals surface area contributed by atoms with Gasteiger partial charge in [-0.3, -0.25) is 15.1 Å². The number of rotatable bonds is 2. The zero-order valence-corrected chi connectivity index (χ0v) is 10.4. The van der Waals surface area contributed by atoms with Gasteiger partial charge in [-0.15, -0.1) is 0 Å². The highest BCUT2D eigenvalue weighted by Crippen LogP contribution is 2.38. The summed E-state index contributed by atoms with van der Waals surface area (Å²) in [4.78, 5) is 18.9. The van der Waals surface area contributed by atoms with Crippen LogP contribution in [0, 0.1) is 10.1 Å². The fraction of sp³-hybridized carbons (Fsp3) is 0. The first-order chi connectivity index (χ1) is 9.16. The first-order valence-corrected chi connectivity index (χ1v) is 6.22. The summed E-state index contributed by atoms with van der Waals surface area (Å²) in [5, 5.41) is 11.6. The van der Waals surface area contributed by atoms with Crippen LogP contribution in [0.5, 0.6) is 0 Å². The minimum absolute atomic E-state index is 0.0292. The highest BCUT2D eigenvalue weighted by atomic mass is 32.1. The standard InChI is InChI=1S/C12H8N4O2S/c13-12-15-10-9(19-12)4-3-8(11(10)16(17)18)7-2-1-5-14-6-7/h1-6H,(H2,13,15). The SMILES string of the molecule is Nc1nc2c([N+](=O)[O-])c(-c3cccnc3)ccc2s1. The van der Waals surface area contributed by atoms with Crippen LogP contribution < -0.4 is 5.73 Å². The zero-order chi connectivity index (χ0) is 13.4. The molecule has 2 aromatic heterocycles. The highest BCUT2D eigenvalue weighted by molar-refractivity contribution is 7.22. The Morgan fingerprint density at radius 2 is 2.16 bits per heavy atom. The fourth-order valence-corrected chi connectivity index (χ4v) is 2.67. The number of thiazole rings is 1. The van der Waals surface area contributed by atoms with E-state index >= 15 is 0 Å². The number of aromatic nitrogens is 2. The van der Waals surface area contributed by atoms with Gasteiger partial charge in [0.05, 0.1) is 15.2 Å². The number of nitrogens with two attached hydrogens (primary N) is 1. The number of anilines is 1. The van der Waals surface area contributed by atoms with Gasteiger partial charge in [-0.2, -0.15) is 0 Å². The van der Waals surface area contributed by atoms with Crippen molar-refractivity contribution in [2.75, 3.05) is 5.73 Å². The van der Waals surface area contributed by atoms with Gasteiger partial charge in [-0.1, -0.05) is 17.4 Å². The minimum atomic E-state index is -0.427. The van der Waals surface area contributed by atoms with Crippen LogP contribution in [0.1, 0.15) is 0 Å². The average Bonchev–Trinajstić information content (AvgIpc) is 2.78. The molecule has 2 heterocycles. The van der Waals surface area contributed by atoms with E-state index in [1.54, 1.807) is 36.7 Å². The molecule has 0 saturated heterocycles. The third-order valence-corrected chi connectivity index (χ3v) is 3.56. The predicted molar refractivity (Wildman–Crippen MR) is 73.9 cm³/mol. The number of pyridine rings is 1. The maximum atomic E-state index is 11.3. The molecule has 0 bridgehead atoms. The molecule has 19 heavy (non-hydrogen) atoms. The van der Waals surface area contributed by atoms with Gasteiger partial charge in [0, 0.05) is 18.0 Å². The molecule has 0 aliphatic rings. The van der Waals surface area contributed by atoms with Crippen molar-refractivity contribution in [2.45, 2.75) is 0 Å². The van der Waals surface area contributed by atoms with Gasteiger partial charge in [0.15, 0.2) is 10.6 Å². The summed E-state index contributed by atoms with van der Waals surface area (Å²) in [7, 11) is 0. The maximum absolute atomic E-state index is 11.3. The van der Waals surface area contributed by atoms with Crippen molar-refractivity contribution in [3.63, 3.8) is 0 Å². The lowest BCUT2D eigenvalue weighted by molar-refractivity contribution is -0.382. The van der Waals surface area contributed by atoms with Gasteiger partial charge in [-0.25, -0.2) is 4.98 Å². The molecule has 2 N–H and O–H groups in total. The van der Waals surface area contributed by atoms with E-state index in [4.69, 9.17) is 5.73 Å². The molecule has 3 rings (SSSR count). The van der Waals surface area contributed by atoms with Gasteiger partial charge in [0.2, 0.25) is 0 Å². The summed E-state index contributed by atoms with van der Waals surface area (Å²) < 4.78 is 0.705. The van der Waals surface area contributed by atoms with E-state index in [1.807, 2.05) is 0 Å². The van der Waals surface area contributed by atoms with Gasteiger partial charge >= 0.3 is 5.69 Å².